The molecule has 1 spiro atoms. The Bertz CT molecular complexity index is 1540. The summed E-state index contributed by atoms with van der Waals surface area (Å²) in [4.78, 5) is 24.3. The third kappa shape index (κ3) is 4.29. The van der Waals surface area contributed by atoms with Gasteiger partial charge in [-0.1, -0.05) is 35.0 Å². The molecule has 1 N–H and O–H groups in total. The predicted octanol–water partition coefficient (Wildman–Crippen LogP) is 6.64. The number of benzene rings is 2. The van der Waals surface area contributed by atoms with E-state index in [-0.39, 0.29) is 29.4 Å². The standard InChI is InChI=1S/C29H29N2O7P/c1-17(2)27-24-12-19(4-7-22(24)23-8-6-21(31(34)35)13-25(23)27)28(32)26(30-33)9-10-39(36)37-15-29(16-38-39)14-18-3-5-20(29)11-18/h3-8,12-13,18,20,33H,9-11,14-16H2,1-2H3/b30-26-. The van der Waals surface area contributed by atoms with Crippen LogP contribution in [0.25, 0.3) is 16.7 Å². The number of hydrogen-bond acceptors (Lipinski definition) is 8. The van der Waals surface area contributed by atoms with Gasteiger partial charge < -0.3 is 14.3 Å². The number of hydrogen-bond donors (Lipinski definition) is 1. The molecule has 3 aliphatic carbocycles. The lowest BCUT2D eigenvalue weighted by atomic mass is 9.77. The molecule has 4 aliphatic rings. The molecule has 0 radical (unpaired) electrons. The highest BCUT2D eigenvalue weighted by Crippen LogP contribution is 2.61. The Morgan fingerprint density at radius 1 is 1.10 bits per heavy atom. The topological polar surface area (TPSA) is 128 Å². The fourth-order valence-corrected chi connectivity index (χ4v) is 8.29. The van der Waals surface area contributed by atoms with Crippen LogP contribution in [-0.4, -0.2) is 41.0 Å². The van der Waals surface area contributed by atoms with Crippen molar-refractivity contribution >= 4 is 30.4 Å². The van der Waals surface area contributed by atoms with E-state index in [0.29, 0.717) is 30.6 Å². The van der Waals surface area contributed by atoms with E-state index in [1.165, 1.54) is 6.07 Å². The smallest absolute Gasteiger partial charge is 0.331 e. The maximum atomic E-state index is 13.4. The SMILES string of the molecule is CC(C)=C1c2cc(C(=O)/C(CCP3(=O)OCC4(CO3)CC3C=CC4C3)=N\O)ccc2-c2ccc([N+](=O)[O-])cc21. The number of carbonyl (C=O) groups excluding carboxylic acids is 1. The van der Waals surface area contributed by atoms with Crippen molar-refractivity contribution in [1.29, 1.82) is 0 Å². The molecule has 2 fully saturated rings. The van der Waals surface area contributed by atoms with Gasteiger partial charge in [-0.25, -0.2) is 0 Å². The first kappa shape index (κ1) is 25.9. The summed E-state index contributed by atoms with van der Waals surface area (Å²) in [6.07, 6.45) is 6.39. The molecule has 0 amide bonds. The van der Waals surface area contributed by atoms with Gasteiger partial charge in [-0.15, -0.1) is 0 Å². The molecule has 202 valence electrons. The van der Waals surface area contributed by atoms with Crippen molar-refractivity contribution in [3.05, 3.63) is 80.9 Å². The van der Waals surface area contributed by atoms with E-state index >= 15 is 0 Å². The molecule has 39 heavy (non-hydrogen) atoms. The molecule has 2 bridgehead atoms. The Hall–Kier alpha value is -3.39. The Morgan fingerprint density at radius 2 is 1.79 bits per heavy atom. The molecule has 2 atom stereocenters. The number of oxime groups is 1. The van der Waals surface area contributed by atoms with Gasteiger partial charge in [0.1, 0.15) is 5.71 Å². The van der Waals surface area contributed by atoms with Crippen LogP contribution in [0.5, 0.6) is 0 Å². The molecular weight excluding hydrogens is 519 g/mol. The van der Waals surface area contributed by atoms with Crippen LogP contribution in [-0.2, 0) is 13.6 Å². The van der Waals surface area contributed by atoms with E-state index in [2.05, 4.69) is 17.3 Å². The summed E-state index contributed by atoms with van der Waals surface area (Å²) >= 11 is 0. The van der Waals surface area contributed by atoms with E-state index in [0.717, 1.165) is 46.2 Å². The Kier molecular flexibility index (Phi) is 6.21. The van der Waals surface area contributed by atoms with Crippen LogP contribution in [0.1, 0.15) is 54.6 Å². The Balaban J connectivity index is 1.19. The summed E-state index contributed by atoms with van der Waals surface area (Å²) in [7, 11) is -3.43. The quantitative estimate of drug-likeness (QED) is 0.0695. The number of nitro benzene ring substituents is 1. The van der Waals surface area contributed by atoms with Gasteiger partial charge in [0.25, 0.3) is 5.69 Å². The molecule has 1 saturated heterocycles. The zero-order valence-electron chi connectivity index (χ0n) is 21.8. The average molecular weight is 549 g/mol. The minimum absolute atomic E-state index is 0.00356. The minimum Gasteiger partial charge on any atom is -0.411 e. The van der Waals surface area contributed by atoms with Crippen LogP contribution in [0.3, 0.4) is 0 Å². The number of carbonyl (C=O) groups is 1. The average Bonchev–Trinajstić information content (AvgIpc) is 3.61. The summed E-state index contributed by atoms with van der Waals surface area (Å²) in [6, 6.07) is 9.92. The van der Waals surface area contributed by atoms with Crippen molar-refractivity contribution in [3.63, 3.8) is 0 Å². The number of Topliss-reactive ketones (excluding diaryl/α,β-unsaturated/α-hetero) is 1. The van der Waals surface area contributed by atoms with Crippen molar-refractivity contribution in [2.75, 3.05) is 19.4 Å². The zero-order chi connectivity index (χ0) is 27.5. The number of nitrogens with zero attached hydrogens (tertiary/aromatic N) is 2. The van der Waals surface area contributed by atoms with Crippen molar-refractivity contribution in [2.24, 2.45) is 22.4 Å². The molecule has 2 aromatic rings. The van der Waals surface area contributed by atoms with Crippen LogP contribution in [0.15, 0.2) is 59.3 Å². The van der Waals surface area contributed by atoms with Crippen LogP contribution in [0.4, 0.5) is 5.69 Å². The van der Waals surface area contributed by atoms with Gasteiger partial charge in [0.15, 0.2) is 0 Å². The summed E-state index contributed by atoms with van der Waals surface area (Å²) in [5, 5.41) is 24.3. The number of fused-ring (bicyclic) bond motifs is 6. The molecular formula is C29H29N2O7P. The van der Waals surface area contributed by atoms with Crippen molar-refractivity contribution in [2.45, 2.75) is 33.1 Å². The van der Waals surface area contributed by atoms with Crippen molar-refractivity contribution in [1.82, 2.24) is 0 Å². The second kappa shape index (κ2) is 9.37. The third-order valence-corrected chi connectivity index (χ3v) is 10.4. The summed E-state index contributed by atoms with van der Waals surface area (Å²) in [5.41, 5.74) is 5.08. The summed E-state index contributed by atoms with van der Waals surface area (Å²) < 4.78 is 24.9. The monoisotopic (exact) mass is 548 g/mol. The van der Waals surface area contributed by atoms with Crippen molar-refractivity contribution < 1.29 is 28.5 Å². The third-order valence-electron chi connectivity index (χ3n) is 8.55. The lowest BCUT2D eigenvalue weighted by molar-refractivity contribution is -0.384. The van der Waals surface area contributed by atoms with E-state index in [1.54, 1.807) is 30.3 Å². The number of nitro groups is 1. The lowest BCUT2D eigenvalue weighted by Gasteiger charge is -2.41. The summed E-state index contributed by atoms with van der Waals surface area (Å²) in [6.45, 7) is 4.57. The molecule has 10 heteroatoms. The number of rotatable bonds is 6. The number of non-ortho nitro benzene ring substituents is 1. The molecule has 1 aliphatic heterocycles. The summed E-state index contributed by atoms with van der Waals surface area (Å²) in [5.74, 6) is 0.427. The van der Waals surface area contributed by atoms with Gasteiger partial charge in [-0.2, -0.15) is 0 Å². The first-order valence-electron chi connectivity index (χ1n) is 13.1. The highest BCUT2D eigenvalue weighted by atomic mass is 31.2. The minimum atomic E-state index is -3.43. The largest absolute Gasteiger partial charge is 0.411 e. The van der Waals surface area contributed by atoms with Crippen LogP contribution in [0.2, 0.25) is 0 Å². The van der Waals surface area contributed by atoms with Gasteiger partial charge in [0.2, 0.25) is 5.78 Å². The molecule has 9 nitrogen and oxygen atoms in total. The first-order chi connectivity index (χ1) is 18.6. The zero-order valence-corrected chi connectivity index (χ0v) is 22.6. The fraction of sp³-hybridized carbons (Fsp3) is 0.379. The normalized spacial score (nSPS) is 28.6. The van der Waals surface area contributed by atoms with E-state index in [9.17, 15) is 24.7 Å². The molecule has 1 saturated carbocycles. The molecule has 6 rings (SSSR count). The van der Waals surface area contributed by atoms with Gasteiger partial charge in [0, 0.05) is 29.5 Å². The predicted molar refractivity (Wildman–Crippen MR) is 146 cm³/mol. The highest BCUT2D eigenvalue weighted by Gasteiger charge is 2.53. The van der Waals surface area contributed by atoms with Gasteiger partial charge in [-0.3, -0.25) is 19.5 Å². The maximum Gasteiger partial charge on any atom is 0.331 e. The second-order valence-corrected chi connectivity index (χ2v) is 13.4. The van der Waals surface area contributed by atoms with Crippen LogP contribution in [0, 0.1) is 27.4 Å². The first-order valence-corrected chi connectivity index (χ1v) is 14.8. The van der Waals surface area contributed by atoms with E-state index in [1.807, 2.05) is 13.8 Å². The number of ketones is 1. The lowest BCUT2D eigenvalue weighted by Crippen LogP contribution is -2.39. The van der Waals surface area contributed by atoms with Gasteiger partial charge in [0.05, 0.1) is 24.3 Å². The molecule has 2 unspecified atom stereocenters. The van der Waals surface area contributed by atoms with Gasteiger partial charge in [-0.05, 0) is 78.5 Å². The second-order valence-electron chi connectivity index (χ2n) is 11.2. The van der Waals surface area contributed by atoms with E-state index in [4.69, 9.17) is 9.05 Å². The van der Waals surface area contributed by atoms with E-state index < -0.39 is 18.3 Å². The number of allylic oxidation sites excluding steroid dienone is 3. The van der Waals surface area contributed by atoms with Gasteiger partial charge >= 0.3 is 7.60 Å². The molecule has 1 heterocycles. The Labute approximate surface area is 225 Å². The van der Waals surface area contributed by atoms with Crippen LogP contribution >= 0.6 is 7.60 Å². The highest BCUT2D eigenvalue weighted by molar-refractivity contribution is 7.53. The maximum absolute atomic E-state index is 13.4. The Morgan fingerprint density at radius 3 is 2.38 bits per heavy atom. The van der Waals surface area contributed by atoms with Crippen molar-refractivity contribution in [3.8, 4) is 11.1 Å². The fourth-order valence-electron chi connectivity index (χ4n) is 6.56. The van der Waals surface area contributed by atoms with Crippen LogP contribution < -0.4 is 0 Å². The molecule has 0 aromatic heterocycles. The molecule has 2 aromatic carbocycles.